The molecule has 1 aliphatic rings. The number of amides is 1. The van der Waals surface area contributed by atoms with Gasteiger partial charge in [0.15, 0.2) is 0 Å². The Morgan fingerprint density at radius 3 is 3.14 bits per heavy atom. The summed E-state index contributed by atoms with van der Waals surface area (Å²) in [6.07, 6.45) is 0.682. The molecule has 1 rings (SSSR count). The maximum atomic E-state index is 11.3. The molecule has 14 heavy (non-hydrogen) atoms. The highest BCUT2D eigenvalue weighted by Crippen LogP contribution is 2.12. The Morgan fingerprint density at radius 2 is 2.50 bits per heavy atom. The van der Waals surface area contributed by atoms with Crippen molar-refractivity contribution in [2.45, 2.75) is 12.5 Å². The number of hydrogen-bond acceptors (Lipinski definition) is 4. The summed E-state index contributed by atoms with van der Waals surface area (Å²) in [5, 5.41) is 3.03. The maximum absolute atomic E-state index is 11.3. The zero-order valence-electron chi connectivity index (χ0n) is 8.78. The van der Waals surface area contributed by atoms with Crippen LogP contribution in [-0.2, 0) is 9.47 Å². The predicted molar refractivity (Wildman–Crippen MR) is 52.3 cm³/mol. The predicted octanol–water partition coefficient (Wildman–Crippen LogP) is 0.0631. The van der Waals surface area contributed by atoms with Crippen LogP contribution in [-0.4, -0.2) is 57.5 Å². The van der Waals surface area contributed by atoms with Gasteiger partial charge in [0.1, 0.15) is 6.10 Å². The van der Waals surface area contributed by atoms with E-state index in [1.165, 1.54) is 0 Å². The van der Waals surface area contributed by atoms with Gasteiger partial charge in [-0.15, -0.1) is 0 Å². The molecule has 0 bridgehead atoms. The van der Waals surface area contributed by atoms with Crippen molar-refractivity contribution in [3.63, 3.8) is 0 Å². The first-order valence-corrected chi connectivity index (χ1v) is 4.87. The number of carbonyl (C=O) groups is 1. The van der Waals surface area contributed by atoms with Crippen molar-refractivity contribution < 1.29 is 14.3 Å². The van der Waals surface area contributed by atoms with Crippen molar-refractivity contribution in [1.82, 2.24) is 10.2 Å². The molecule has 1 saturated heterocycles. The molecule has 1 N–H and O–H groups in total. The zero-order chi connectivity index (χ0) is 10.4. The normalized spacial score (nSPS) is 21.4. The summed E-state index contributed by atoms with van der Waals surface area (Å²) >= 11 is 0. The van der Waals surface area contributed by atoms with Crippen molar-refractivity contribution in [2.24, 2.45) is 0 Å². The molecular formula is C9H18N2O3. The minimum Gasteiger partial charge on any atom is -0.444 e. The third-order valence-electron chi connectivity index (χ3n) is 2.23. The van der Waals surface area contributed by atoms with Gasteiger partial charge in [0.2, 0.25) is 0 Å². The molecule has 0 saturated carbocycles. The third-order valence-corrected chi connectivity index (χ3v) is 2.23. The van der Waals surface area contributed by atoms with Crippen LogP contribution in [0.3, 0.4) is 0 Å². The highest BCUT2D eigenvalue weighted by molar-refractivity contribution is 5.69. The van der Waals surface area contributed by atoms with Gasteiger partial charge >= 0.3 is 6.09 Å². The molecule has 5 nitrogen and oxygen atoms in total. The molecule has 0 spiro atoms. The highest BCUT2D eigenvalue weighted by atomic mass is 16.6. The minimum absolute atomic E-state index is 0.0341. The summed E-state index contributed by atoms with van der Waals surface area (Å²) in [6, 6.07) is 0. The summed E-state index contributed by atoms with van der Waals surface area (Å²) in [7, 11) is 3.51. The van der Waals surface area contributed by atoms with E-state index in [9.17, 15) is 4.79 Å². The van der Waals surface area contributed by atoms with E-state index in [-0.39, 0.29) is 12.2 Å². The molecule has 0 radical (unpaired) electrons. The van der Waals surface area contributed by atoms with Crippen LogP contribution >= 0.6 is 0 Å². The quantitative estimate of drug-likeness (QED) is 0.662. The van der Waals surface area contributed by atoms with E-state index in [0.717, 1.165) is 13.0 Å². The molecule has 1 heterocycles. The average molecular weight is 202 g/mol. The van der Waals surface area contributed by atoms with Crippen molar-refractivity contribution in [2.75, 3.05) is 40.4 Å². The summed E-state index contributed by atoms with van der Waals surface area (Å²) < 4.78 is 10.1. The SMILES string of the molecule is CNCCC1CN(CCOC)C(=O)O1. The van der Waals surface area contributed by atoms with Crippen LogP contribution < -0.4 is 5.32 Å². The smallest absolute Gasteiger partial charge is 0.410 e. The van der Waals surface area contributed by atoms with Gasteiger partial charge in [-0.05, 0) is 20.0 Å². The van der Waals surface area contributed by atoms with Crippen molar-refractivity contribution in [3.8, 4) is 0 Å². The second kappa shape index (κ2) is 5.82. The number of carbonyl (C=O) groups excluding carboxylic acids is 1. The van der Waals surface area contributed by atoms with Crippen molar-refractivity contribution in [3.05, 3.63) is 0 Å². The lowest BCUT2D eigenvalue weighted by Crippen LogP contribution is -2.29. The fraction of sp³-hybridized carbons (Fsp3) is 0.889. The molecule has 0 aromatic rings. The van der Waals surface area contributed by atoms with Gasteiger partial charge in [0.05, 0.1) is 13.2 Å². The number of ether oxygens (including phenoxy) is 2. The summed E-state index contributed by atoms with van der Waals surface area (Å²) in [5.74, 6) is 0. The first-order chi connectivity index (χ1) is 6.77. The van der Waals surface area contributed by atoms with Gasteiger partial charge in [-0.1, -0.05) is 0 Å². The monoisotopic (exact) mass is 202 g/mol. The van der Waals surface area contributed by atoms with Gasteiger partial charge in [-0.25, -0.2) is 4.79 Å². The standard InChI is InChI=1S/C9H18N2O3/c1-10-4-3-8-7-11(5-6-13-2)9(12)14-8/h8,10H,3-7H2,1-2H3. The molecule has 0 aliphatic carbocycles. The first-order valence-electron chi connectivity index (χ1n) is 4.87. The van der Waals surface area contributed by atoms with E-state index in [1.807, 2.05) is 7.05 Å². The Balaban J connectivity index is 2.24. The van der Waals surface area contributed by atoms with E-state index in [4.69, 9.17) is 9.47 Å². The van der Waals surface area contributed by atoms with Crippen molar-refractivity contribution >= 4 is 6.09 Å². The molecule has 5 heteroatoms. The van der Waals surface area contributed by atoms with E-state index < -0.39 is 0 Å². The fourth-order valence-corrected chi connectivity index (χ4v) is 1.41. The minimum atomic E-state index is -0.219. The fourth-order valence-electron chi connectivity index (χ4n) is 1.41. The Bertz CT molecular complexity index is 187. The second-order valence-electron chi connectivity index (χ2n) is 3.34. The Morgan fingerprint density at radius 1 is 1.71 bits per heavy atom. The zero-order valence-corrected chi connectivity index (χ0v) is 8.78. The molecule has 82 valence electrons. The van der Waals surface area contributed by atoms with E-state index >= 15 is 0 Å². The third kappa shape index (κ3) is 3.16. The molecule has 1 amide bonds. The summed E-state index contributed by atoms with van der Waals surface area (Å²) in [5.41, 5.74) is 0. The molecule has 1 unspecified atom stereocenters. The van der Waals surface area contributed by atoms with Crippen LogP contribution in [0.2, 0.25) is 0 Å². The number of hydrogen-bond donors (Lipinski definition) is 1. The number of nitrogens with zero attached hydrogens (tertiary/aromatic N) is 1. The lowest BCUT2D eigenvalue weighted by Gasteiger charge is -2.11. The number of rotatable bonds is 6. The number of nitrogens with one attached hydrogen (secondary N) is 1. The molecule has 1 fully saturated rings. The topological polar surface area (TPSA) is 50.8 Å². The van der Waals surface area contributed by atoms with Gasteiger partial charge in [-0.3, -0.25) is 0 Å². The maximum Gasteiger partial charge on any atom is 0.410 e. The molecule has 0 aromatic carbocycles. The van der Waals surface area contributed by atoms with Crippen LogP contribution in [0.25, 0.3) is 0 Å². The lowest BCUT2D eigenvalue weighted by molar-refractivity contribution is 0.123. The first kappa shape index (κ1) is 11.3. The molecule has 1 atom stereocenters. The van der Waals surface area contributed by atoms with E-state index in [1.54, 1.807) is 12.0 Å². The van der Waals surface area contributed by atoms with Gasteiger partial charge in [0, 0.05) is 13.7 Å². The number of cyclic esters (lactones) is 1. The van der Waals surface area contributed by atoms with Crippen LogP contribution in [0, 0.1) is 0 Å². The van der Waals surface area contributed by atoms with Crippen LogP contribution in [0.4, 0.5) is 4.79 Å². The largest absolute Gasteiger partial charge is 0.444 e. The van der Waals surface area contributed by atoms with E-state index in [2.05, 4.69) is 5.32 Å². The Hall–Kier alpha value is -0.810. The van der Waals surface area contributed by atoms with Crippen LogP contribution in [0.1, 0.15) is 6.42 Å². The van der Waals surface area contributed by atoms with Crippen LogP contribution in [0.5, 0.6) is 0 Å². The van der Waals surface area contributed by atoms with E-state index in [0.29, 0.717) is 19.7 Å². The van der Waals surface area contributed by atoms with Crippen molar-refractivity contribution in [1.29, 1.82) is 0 Å². The van der Waals surface area contributed by atoms with Crippen LogP contribution in [0.15, 0.2) is 0 Å². The second-order valence-corrected chi connectivity index (χ2v) is 3.34. The lowest BCUT2D eigenvalue weighted by atomic mass is 10.2. The number of methoxy groups -OCH3 is 1. The highest BCUT2D eigenvalue weighted by Gasteiger charge is 2.29. The Labute approximate surface area is 84.4 Å². The van der Waals surface area contributed by atoms with Gasteiger partial charge in [-0.2, -0.15) is 0 Å². The Kier molecular flexibility index (Phi) is 4.69. The van der Waals surface area contributed by atoms with Gasteiger partial charge < -0.3 is 19.7 Å². The summed E-state index contributed by atoms with van der Waals surface area (Å²) in [4.78, 5) is 13.0. The molecule has 0 aromatic heterocycles. The molecular weight excluding hydrogens is 184 g/mol. The summed E-state index contributed by atoms with van der Waals surface area (Å²) in [6.45, 7) is 2.74. The average Bonchev–Trinajstić information content (AvgIpc) is 2.53. The van der Waals surface area contributed by atoms with Gasteiger partial charge in [0.25, 0.3) is 0 Å². The molecule has 1 aliphatic heterocycles.